The third-order valence-corrected chi connectivity index (χ3v) is 3.23. The summed E-state index contributed by atoms with van der Waals surface area (Å²) in [7, 11) is 1.67. The molecule has 0 aromatic heterocycles. The number of carbonyl (C=O) groups is 1. The fraction of sp³-hybridized carbons (Fsp3) is 0.462. The van der Waals surface area contributed by atoms with E-state index in [4.69, 9.17) is 4.74 Å². The number of benzene rings is 1. The molecule has 0 fully saturated rings. The largest absolute Gasteiger partial charge is 0.481 e. The van der Waals surface area contributed by atoms with Crippen LogP contribution in [-0.4, -0.2) is 37.4 Å². The number of carboxylic acids is 1. The normalized spacial score (nSPS) is 20.1. The van der Waals surface area contributed by atoms with E-state index in [-0.39, 0.29) is 6.10 Å². The molecule has 0 radical (unpaired) electrons. The topological polar surface area (TPSA) is 49.8 Å². The predicted octanol–water partition coefficient (Wildman–Crippen LogP) is 1.71. The molecule has 0 bridgehead atoms. The van der Waals surface area contributed by atoms with Gasteiger partial charge in [0.25, 0.3) is 0 Å². The number of ether oxygens (including phenoxy) is 1. The molecule has 17 heavy (non-hydrogen) atoms. The highest BCUT2D eigenvalue weighted by Gasteiger charge is 2.33. The van der Waals surface area contributed by atoms with Crippen LogP contribution in [0.15, 0.2) is 24.3 Å². The summed E-state index contributed by atoms with van der Waals surface area (Å²) < 4.78 is 5.23. The molecule has 0 amide bonds. The maximum absolute atomic E-state index is 11.2. The van der Waals surface area contributed by atoms with E-state index >= 15 is 0 Å². The maximum Gasteiger partial charge on any atom is 0.312 e. The molecule has 0 saturated heterocycles. The number of nitrogens with zero attached hydrogens (tertiary/aromatic N) is 1. The zero-order valence-corrected chi connectivity index (χ0v) is 10.1. The van der Waals surface area contributed by atoms with Crippen molar-refractivity contribution in [1.82, 2.24) is 0 Å². The molecular weight excluding hydrogens is 218 g/mol. The van der Waals surface area contributed by atoms with E-state index in [1.165, 1.54) is 0 Å². The number of fused-ring (bicyclic) bond motifs is 1. The molecule has 1 aliphatic rings. The standard InChI is InChI=1S/C13H17NO3/c1-9(17-2)7-14-8-11(13(15)16)10-5-3-4-6-12(10)14/h3-6,9,11H,7-8H2,1-2H3,(H,15,16). The van der Waals surface area contributed by atoms with Gasteiger partial charge in [-0.25, -0.2) is 0 Å². The number of anilines is 1. The fourth-order valence-corrected chi connectivity index (χ4v) is 2.26. The van der Waals surface area contributed by atoms with Crippen LogP contribution in [-0.2, 0) is 9.53 Å². The number of methoxy groups -OCH3 is 1. The summed E-state index contributed by atoms with van der Waals surface area (Å²) in [6, 6.07) is 7.69. The Morgan fingerprint density at radius 1 is 1.59 bits per heavy atom. The molecule has 1 aromatic rings. The van der Waals surface area contributed by atoms with E-state index in [9.17, 15) is 9.90 Å². The lowest BCUT2D eigenvalue weighted by atomic mass is 10.0. The van der Waals surface area contributed by atoms with E-state index in [0.717, 1.165) is 17.8 Å². The highest BCUT2D eigenvalue weighted by atomic mass is 16.5. The monoisotopic (exact) mass is 235 g/mol. The summed E-state index contributed by atoms with van der Waals surface area (Å²) in [5.41, 5.74) is 1.92. The molecule has 2 rings (SSSR count). The molecule has 4 nitrogen and oxygen atoms in total. The van der Waals surface area contributed by atoms with Gasteiger partial charge >= 0.3 is 5.97 Å². The summed E-state index contributed by atoms with van der Waals surface area (Å²) in [5.74, 6) is -1.18. The minimum Gasteiger partial charge on any atom is -0.481 e. The minimum atomic E-state index is -0.759. The van der Waals surface area contributed by atoms with E-state index in [1.807, 2.05) is 31.2 Å². The Balaban J connectivity index is 2.25. The Labute approximate surface area is 101 Å². The van der Waals surface area contributed by atoms with Gasteiger partial charge in [0.05, 0.1) is 6.10 Å². The predicted molar refractivity (Wildman–Crippen MR) is 65.5 cm³/mol. The first-order chi connectivity index (χ1) is 8.13. The number of rotatable bonds is 4. The molecule has 0 spiro atoms. The summed E-state index contributed by atoms with van der Waals surface area (Å²) in [6.45, 7) is 3.23. The van der Waals surface area contributed by atoms with Gasteiger partial charge in [-0.05, 0) is 18.6 Å². The molecule has 1 aliphatic heterocycles. The molecule has 2 atom stereocenters. The van der Waals surface area contributed by atoms with Gasteiger partial charge in [-0.1, -0.05) is 18.2 Å². The van der Waals surface area contributed by atoms with Crippen LogP contribution >= 0.6 is 0 Å². The lowest BCUT2D eigenvalue weighted by Crippen LogP contribution is -2.32. The second-order valence-electron chi connectivity index (χ2n) is 4.40. The second kappa shape index (κ2) is 4.75. The Morgan fingerprint density at radius 3 is 2.94 bits per heavy atom. The van der Waals surface area contributed by atoms with Crippen molar-refractivity contribution in [1.29, 1.82) is 0 Å². The molecule has 92 valence electrons. The zero-order valence-electron chi connectivity index (χ0n) is 10.1. The highest BCUT2D eigenvalue weighted by Crippen LogP contribution is 2.36. The molecule has 1 aromatic carbocycles. The average molecular weight is 235 g/mol. The van der Waals surface area contributed by atoms with E-state index < -0.39 is 11.9 Å². The van der Waals surface area contributed by atoms with Crippen LogP contribution in [0.4, 0.5) is 5.69 Å². The molecule has 2 unspecified atom stereocenters. The van der Waals surface area contributed by atoms with Crippen LogP contribution in [0.2, 0.25) is 0 Å². The van der Waals surface area contributed by atoms with Gasteiger partial charge in [0.1, 0.15) is 5.92 Å². The van der Waals surface area contributed by atoms with Crippen molar-refractivity contribution in [3.8, 4) is 0 Å². The third-order valence-electron chi connectivity index (χ3n) is 3.23. The van der Waals surface area contributed by atoms with Crippen molar-refractivity contribution in [3.05, 3.63) is 29.8 Å². The first-order valence-electron chi connectivity index (χ1n) is 5.73. The zero-order chi connectivity index (χ0) is 12.4. The number of carboxylic acid groups (broad SMARTS) is 1. The molecule has 0 saturated carbocycles. The smallest absolute Gasteiger partial charge is 0.312 e. The highest BCUT2D eigenvalue weighted by molar-refractivity contribution is 5.82. The molecule has 1 heterocycles. The quantitative estimate of drug-likeness (QED) is 0.863. The molecule has 1 N–H and O–H groups in total. The minimum absolute atomic E-state index is 0.0931. The van der Waals surface area contributed by atoms with Crippen molar-refractivity contribution in [2.24, 2.45) is 0 Å². The number of aliphatic carboxylic acids is 1. The molecule has 0 aliphatic carbocycles. The van der Waals surface area contributed by atoms with Crippen LogP contribution in [0.1, 0.15) is 18.4 Å². The summed E-state index contributed by atoms with van der Waals surface area (Å²) in [5, 5.41) is 9.21. The van der Waals surface area contributed by atoms with Crippen LogP contribution in [0.5, 0.6) is 0 Å². The van der Waals surface area contributed by atoms with Crippen LogP contribution in [0.3, 0.4) is 0 Å². The van der Waals surface area contributed by atoms with Crippen LogP contribution < -0.4 is 4.90 Å². The van der Waals surface area contributed by atoms with Gasteiger partial charge in [0.15, 0.2) is 0 Å². The van der Waals surface area contributed by atoms with Gasteiger partial charge in [0.2, 0.25) is 0 Å². The summed E-state index contributed by atoms with van der Waals surface area (Å²) in [4.78, 5) is 13.3. The Kier molecular flexibility index (Phi) is 3.33. The lowest BCUT2D eigenvalue weighted by molar-refractivity contribution is -0.138. The Bertz CT molecular complexity index is 419. The number of para-hydroxylation sites is 1. The summed E-state index contributed by atoms with van der Waals surface area (Å²) >= 11 is 0. The van der Waals surface area contributed by atoms with Gasteiger partial charge in [-0.3, -0.25) is 4.79 Å². The van der Waals surface area contributed by atoms with Gasteiger partial charge < -0.3 is 14.7 Å². The van der Waals surface area contributed by atoms with Gasteiger partial charge in [-0.15, -0.1) is 0 Å². The molecular formula is C13H17NO3. The Morgan fingerprint density at radius 2 is 2.29 bits per heavy atom. The van der Waals surface area contributed by atoms with Crippen molar-refractivity contribution in [2.45, 2.75) is 18.9 Å². The van der Waals surface area contributed by atoms with Crippen molar-refractivity contribution >= 4 is 11.7 Å². The van der Waals surface area contributed by atoms with E-state index in [0.29, 0.717) is 6.54 Å². The fourth-order valence-electron chi connectivity index (χ4n) is 2.26. The third kappa shape index (κ3) is 2.26. The number of hydrogen-bond acceptors (Lipinski definition) is 3. The Hall–Kier alpha value is -1.55. The maximum atomic E-state index is 11.2. The van der Waals surface area contributed by atoms with Crippen molar-refractivity contribution in [3.63, 3.8) is 0 Å². The lowest BCUT2D eigenvalue weighted by Gasteiger charge is -2.22. The summed E-state index contributed by atoms with van der Waals surface area (Å²) in [6.07, 6.45) is 0.0931. The van der Waals surface area contributed by atoms with Crippen LogP contribution in [0.25, 0.3) is 0 Å². The van der Waals surface area contributed by atoms with Crippen molar-refractivity contribution < 1.29 is 14.6 Å². The van der Waals surface area contributed by atoms with Crippen molar-refractivity contribution in [2.75, 3.05) is 25.1 Å². The van der Waals surface area contributed by atoms with E-state index in [1.54, 1.807) is 7.11 Å². The molecule has 4 heteroatoms. The first-order valence-corrected chi connectivity index (χ1v) is 5.73. The SMILES string of the molecule is COC(C)CN1CC(C(=O)O)c2ccccc21. The number of hydrogen-bond donors (Lipinski definition) is 1. The van der Waals surface area contributed by atoms with Gasteiger partial charge in [-0.2, -0.15) is 0 Å². The van der Waals surface area contributed by atoms with E-state index in [2.05, 4.69) is 4.90 Å². The second-order valence-corrected chi connectivity index (χ2v) is 4.40. The van der Waals surface area contributed by atoms with Gasteiger partial charge in [0, 0.05) is 25.9 Å². The van der Waals surface area contributed by atoms with Crippen LogP contribution in [0, 0.1) is 0 Å². The first kappa shape index (κ1) is 11.9. The average Bonchev–Trinajstić information content (AvgIpc) is 2.68.